The van der Waals surface area contributed by atoms with E-state index in [9.17, 15) is 4.79 Å². The van der Waals surface area contributed by atoms with Gasteiger partial charge in [0.2, 0.25) is 5.91 Å². The van der Waals surface area contributed by atoms with Crippen molar-refractivity contribution in [2.75, 3.05) is 39.8 Å². The Morgan fingerprint density at radius 1 is 1.11 bits per heavy atom. The molecule has 1 aliphatic heterocycles. The molecule has 110 valence electrons. The molecule has 2 aliphatic rings. The molecule has 0 bridgehead atoms. The monoisotopic (exact) mass is 268 g/mol. The fourth-order valence-electron chi connectivity index (χ4n) is 3.11. The first kappa shape index (κ1) is 14.8. The number of likely N-dealkylation sites (N-methyl/N-ethyl adjacent to an activating group) is 1. The number of rotatable bonds is 3. The van der Waals surface area contributed by atoms with Crippen LogP contribution in [-0.4, -0.2) is 55.6 Å². The molecule has 0 aromatic heterocycles. The number of hydrazine groups is 1. The van der Waals surface area contributed by atoms with E-state index in [4.69, 9.17) is 5.73 Å². The molecule has 5 heteroatoms. The fourth-order valence-corrected chi connectivity index (χ4v) is 3.11. The summed E-state index contributed by atoms with van der Waals surface area (Å²) in [5, 5.41) is 2.06. The summed E-state index contributed by atoms with van der Waals surface area (Å²) in [4.78, 5) is 14.9. The van der Waals surface area contributed by atoms with Crippen LogP contribution in [0.25, 0.3) is 0 Å². The quantitative estimate of drug-likeness (QED) is 0.735. The zero-order valence-electron chi connectivity index (χ0n) is 12.2. The number of amides is 1. The van der Waals surface area contributed by atoms with Crippen LogP contribution >= 0.6 is 0 Å². The molecule has 0 aromatic rings. The van der Waals surface area contributed by atoms with Crippen LogP contribution in [0, 0.1) is 5.41 Å². The second-order valence-corrected chi connectivity index (χ2v) is 6.13. The van der Waals surface area contributed by atoms with Gasteiger partial charge in [0.15, 0.2) is 0 Å². The van der Waals surface area contributed by atoms with Crippen molar-refractivity contribution in [2.45, 2.75) is 38.5 Å². The third-order valence-electron chi connectivity index (χ3n) is 4.70. The van der Waals surface area contributed by atoms with Crippen molar-refractivity contribution >= 4 is 5.91 Å². The highest BCUT2D eigenvalue weighted by molar-refractivity contribution is 5.82. The lowest BCUT2D eigenvalue weighted by Crippen LogP contribution is -2.57. The summed E-state index contributed by atoms with van der Waals surface area (Å²) in [6.07, 6.45) is 6.64. The van der Waals surface area contributed by atoms with E-state index in [-0.39, 0.29) is 11.3 Å². The average molecular weight is 268 g/mol. The zero-order valence-corrected chi connectivity index (χ0v) is 12.2. The summed E-state index contributed by atoms with van der Waals surface area (Å²) in [5.74, 6) is 0.154. The van der Waals surface area contributed by atoms with E-state index in [1.807, 2.05) is 0 Å². The third kappa shape index (κ3) is 3.68. The minimum atomic E-state index is -0.320. The van der Waals surface area contributed by atoms with Gasteiger partial charge in [-0.05, 0) is 19.9 Å². The van der Waals surface area contributed by atoms with Gasteiger partial charge in [0.1, 0.15) is 0 Å². The Hall–Kier alpha value is -0.650. The number of nitrogens with two attached hydrogens (primary N) is 1. The highest BCUT2D eigenvalue weighted by atomic mass is 16.2. The average Bonchev–Trinajstić information content (AvgIpc) is 2.67. The van der Waals surface area contributed by atoms with E-state index in [0.717, 1.165) is 51.9 Å². The van der Waals surface area contributed by atoms with Gasteiger partial charge in [-0.25, -0.2) is 5.01 Å². The minimum absolute atomic E-state index is 0.154. The Balaban J connectivity index is 1.92. The summed E-state index contributed by atoms with van der Waals surface area (Å²) in [6.45, 7) is 4.31. The van der Waals surface area contributed by atoms with Gasteiger partial charge in [-0.2, -0.15) is 0 Å². The number of nitrogens with one attached hydrogen (secondary N) is 1. The van der Waals surface area contributed by atoms with E-state index < -0.39 is 0 Å². The van der Waals surface area contributed by atoms with Gasteiger partial charge >= 0.3 is 0 Å². The molecule has 2 rings (SSSR count). The smallest absolute Gasteiger partial charge is 0.241 e. The minimum Gasteiger partial charge on any atom is -0.329 e. The molecule has 5 nitrogen and oxygen atoms in total. The van der Waals surface area contributed by atoms with E-state index in [1.165, 1.54) is 12.8 Å². The predicted molar refractivity (Wildman–Crippen MR) is 76.4 cm³/mol. The molecule has 0 atom stereocenters. The van der Waals surface area contributed by atoms with Crippen LogP contribution in [0.3, 0.4) is 0 Å². The molecular formula is C14H28N4O. The van der Waals surface area contributed by atoms with Crippen molar-refractivity contribution in [2.24, 2.45) is 11.1 Å². The molecule has 1 heterocycles. The Bertz CT molecular complexity index is 292. The van der Waals surface area contributed by atoms with Crippen LogP contribution < -0.4 is 11.2 Å². The third-order valence-corrected chi connectivity index (χ3v) is 4.70. The predicted octanol–water partition coefficient (Wildman–Crippen LogP) is 0.564. The number of nitrogens with zero attached hydrogens (tertiary/aromatic N) is 2. The lowest BCUT2D eigenvalue weighted by atomic mass is 9.79. The summed E-state index contributed by atoms with van der Waals surface area (Å²) < 4.78 is 0. The number of piperazine rings is 1. The molecule has 19 heavy (non-hydrogen) atoms. The maximum absolute atomic E-state index is 12.6. The van der Waals surface area contributed by atoms with Gasteiger partial charge in [0.25, 0.3) is 0 Å². The van der Waals surface area contributed by atoms with Crippen molar-refractivity contribution in [3.63, 3.8) is 0 Å². The van der Waals surface area contributed by atoms with Crippen LogP contribution in [0.4, 0.5) is 0 Å². The molecule has 3 N–H and O–H groups in total. The van der Waals surface area contributed by atoms with E-state index >= 15 is 0 Å². The molecule has 0 aromatic carbocycles. The SMILES string of the molecule is CN1CCN(NC(=O)C2(CN)CCCCCC2)CC1. The summed E-state index contributed by atoms with van der Waals surface area (Å²) >= 11 is 0. The highest BCUT2D eigenvalue weighted by Crippen LogP contribution is 2.34. The normalized spacial score (nSPS) is 25.8. The van der Waals surface area contributed by atoms with E-state index in [2.05, 4.69) is 22.4 Å². The zero-order chi connectivity index (χ0) is 13.7. The van der Waals surface area contributed by atoms with Gasteiger partial charge in [-0.1, -0.05) is 25.7 Å². The highest BCUT2D eigenvalue weighted by Gasteiger charge is 2.38. The Morgan fingerprint density at radius 3 is 2.21 bits per heavy atom. The molecule has 1 amide bonds. The van der Waals surface area contributed by atoms with E-state index in [1.54, 1.807) is 0 Å². The first-order valence-corrected chi connectivity index (χ1v) is 7.61. The lowest BCUT2D eigenvalue weighted by molar-refractivity contribution is -0.137. The van der Waals surface area contributed by atoms with Crippen molar-refractivity contribution in [1.29, 1.82) is 0 Å². The van der Waals surface area contributed by atoms with Gasteiger partial charge in [0.05, 0.1) is 5.41 Å². The summed E-state index contributed by atoms with van der Waals surface area (Å²) in [7, 11) is 2.12. The molecule has 2 fully saturated rings. The Kier molecular flexibility index (Phi) is 5.19. The Labute approximate surface area is 116 Å². The largest absolute Gasteiger partial charge is 0.329 e. The van der Waals surface area contributed by atoms with Gasteiger partial charge in [0, 0.05) is 32.7 Å². The molecule has 1 saturated heterocycles. The maximum Gasteiger partial charge on any atom is 0.241 e. The van der Waals surface area contributed by atoms with Crippen molar-refractivity contribution in [1.82, 2.24) is 15.3 Å². The Morgan fingerprint density at radius 2 is 1.68 bits per heavy atom. The fraction of sp³-hybridized carbons (Fsp3) is 0.929. The number of hydrogen-bond donors (Lipinski definition) is 2. The van der Waals surface area contributed by atoms with Crippen molar-refractivity contribution in [3.05, 3.63) is 0 Å². The van der Waals surface area contributed by atoms with Crippen LogP contribution in [0.15, 0.2) is 0 Å². The first-order chi connectivity index (χ1) is 9.16. The molecule has 0 spiro atoms. The van der Waals surface area contributed by atoms with Gasteiger partial charge in [-0.3, -0.25) is 10.2 Å². The van der Waals surface area contributed by atoms with Crippen molar-refractivity contribution in [3.8, 4) is 0 Å². The second-order valence-electron chi connectivity index (χ2n) is 6.13. The topological polar surface area (TPSA) is 61.6 Å². The standard InChI is InChI=1S/C14H28N4O/c1-17-8-10-18(11-9-17)16-13(19)14(12-15)6-4-2-3-5-7-14/h2-12,15H2,1H3,(H,16,19). The lowest BCUT2D eigenvalue weighted by Gasteiger charge is -2.36. The summed E-state index contributed by atoms with van der Waals surface area (Å²) in [6, 6.07) is 0. The molecule has 0 unspecified atom stereocenters. The number of hydrogen-bond acceptors (Lipinski definition) is 4. The number of carbonyl (C=O) groups excluding carboxylic acids is 1. The second kappa shape index (κ2) is 6.68. The molecule has 1 aliphatic carbocycles. The maximum atomic E-state index is 12.6. The van der Waals surface area contributed by atoms with Crippen LogP contribution in [0.1, 0.15) is 38.5 Å². The van der Waals surface area contributed by atoms with E-state index in [0.29, 0.717) is 6.54 Å². The van der Waals surface area contributed by atoms with Crippen LogP contribution in [-0.2, 0) is 4.79 Å². The first-order valence-electron chi connectivity index (χ1n) is 7.61. The summed E-state index contributed by atoms with van der Waals surface area (Å²) in [5.41, 5.74) is 8.74. The van der Waals surface area contributed by atoms with Gasteiger partial charge in [-0.15, -0.1) is 0 Å². The van der Waals surface area contributed by atoms with Gasteiger partial charge < -0.3 is 10.6 Å². The van der Waals surface area contributed by atoms with Crippen LogP contribution in [0.2, 0.25) is 0 Å². The molecular weight excluding hydrogens is 240 g/mol. The van der Waals surface area contributed by atoms with Crippen molar-refractivity contribution < 1.29 is 4.79 Å². The van der Waals surface area contributed by atoms with Crippen LogP contribution in [0.5, 0.6) is 0 Å². The molecule has 1 saturated carbocycles. The number of carbonyl (C=O) groups is 1. The molecule has 0 radical (unpaired) electrons.